The van der Waals surface area contributed by atoms with Crippen molar-refractivity contribution in [3.05, 3.63) is 93.5 Å². The number of rotatable bonds is 6. The van der Waals surface area contributed by atoms with Crippen LogP contribution in [0.25, 0.3) is 0 Å². The molecule has 31 heavy (non-hydrogen) atoms. The van der Waals surface area contributed by atoms with E-state index < -0.39 is 10.0 Å². The van der Waals surface area contributed by atoms with Crippen LogP contribution in [-0.4, -0.2) is 14.3 Å². The van der Waals surface area contributed by atoms with E-state index >= 15 is 0 Å². The number of hydrogen-bond donors (Lipinski definition) is 2. The van der Waals surface area contributed by atoms with Gasteiger partial charge in [-0.2, -0.15) is 0 Å². The Morgan fingerprint density at radius 2 is 1.65 bits per heavy atom. The van der Waals surface area contributed by atoms with Crippen LogP contribution in [-0.2, 0) is 10.0 Å². The Morgan fingerprint density at radius 1 is 0.935 bits per heavy atom. The highest BCUT2D eigenvalue weighted by Crippen LogP contribution is 2.27. The first kappa shape index (κ1) is 22.8. The van der Waals surface area contributed by atoms with E-state index in [1.807, 2.05) is 39.0 Å². The van der Waals surface area contributed by atoms with Crippen molar-refractivity contribution < 1.29 is 13.2 Å². The molecule has 0 bridgehead atoms. The summed E-state index contributed by atoms with van der Waals surface area (Å²) in [7, 11) is -3.98. The molecule has 0 fully saturated rings. The molecule has 0 aliphatic carbocycles. The summed E-state index contributed by atoms with van der Waals surface area (Å²) in [6.07, 6.45) is 0. The van der Waals surface area contributed by atoms with E-state index in [0.717, 1.165) is 22.3 Å². The second-order valence-corrected chi connectivity index (χ2v) is 9.68. The van der Waals surface area contributed by atoms with Crippen LogP contribution in [0.4, 0.5) is 5.69 Å². The highest BCUT2D eigenvalue weighted by atomic mass is 35.5. The summed E-state index contributed by atoms with van der Waals surface area (Å²) in [6.45, 7) is 7.70. The van der Waals surface area contributed by atoms with Crippen LogP contribution >= 0.6 is 11.6 Å². The molecule has 0 heterocycles. The van der Waals surface area contributed by atoms with Crippen LogP contribution in [0.5, 0.6) is 0 Å². The average molecular weight is 457 g/mol. The number of nitrogens with one attached hydrogen (secondary N) is 2. The molecule has 0 spiro atoms. The van der Waals surface area contributed by atoms with Gasteiger partial charge in [-0.15, -0.1) is 0 Å². The van der Waals surface area contributed by atoms with Gasteiger partial charge in [0, 0.05) is 5.56 Å². The Morgan fingerprint density at radius 3 is 2.32 bits per heavy atom. The lowest BCUT2D eigenvalue weighted by atomic mass is 10.00. The van der Waals surface area contributed by atoms with Crippen molar-refractivity contribution in [1.29, 1.82) is 0 Å². The average Bonchev–Trinajstić information content (AvgIpc) is 2.69. The van der Waals surface area contributed by atoms with E-state index in [1.165, 1.54) is 18.2 Å². The Bertz CT molecular complexity index is 1240. The number of halogens is 1. The maximum Gasteiger partial charge on any atom is 0.263 e. The van der Waals surface area contributed by atoms with Gasteiger partial charge >= 0.3 is 0 Å². The molecular weight excluding hydrogens is 432 g/mol. The number of benzene rings is 3. The van der Waals surface area contributed by atoms with Gasteiger partial charge in [0.2, 0.25) is 0 Å². The molecule has 2 N–H and O–H groups in total. The van der Waals surface area contributed by atoms with E-state index in [9.17, 15) is 13.2 Å². The molecule has 1 unspecified atom stereocenters. The number of hydrogen-bond acceptors (Lipinski definition) is 3. The summed E-state index contributed by atoms with van der Waals surface area (Å²) in [4.78, 5) is 12.7. The summed E-state index contributed by atoms with van der Waals surface area (Å²) in [5.74, 6) is -0.378. The van der Waals surface area contributed by atoms with Gasteiger partial charge in [0.25, 0.3) is 15.9 Å². The Kier molecular flexibility index (Phi) is 6.72. The van der Waals surface area contributed by atoms with Crippen LogP contribution < -0.4 is 10.0 Å². The molecule has 0 saturated heterocycles. The molecule has 0 saturated carbocycles. The predicted molar refractivity (Wildman–Crippen MR) is 125 cm³/mol. The normalized spacial score (nSPS) is 12.3. The van der Waals surface area contributed by atoms with Gasteiger partial charge in [0.1, 0.15) is 4.90 Å². The summed E-state index contributed by atoms with van der Waals surface area (Å²) in [5, 5.41) is 2.97. The number of sulfonamides is 1. The van der Waals surface area contributed by atoms with Gasteiger partial charge in [-0.1, -0.05) is 53.6 Å². The zero-order valence-corrected chi connectivity index (χ0v) is 19.4. The molecule has 1 amide bonds. The van der Waals surface area contributed by atoms with Crippen molar-refractivity contribution in [1.82, 2.24) is 5.32 Å². The summed E-state index contributed by atoms with van der Waals surface area (Å²) in [5.41, 5.74) is 4.67. The van der Waals surface area contributed by atoms with E-state index in [4.69, 9.17) is 11.6 Å². The molecule has 162 valence electrons. The number of para-hydroxylation sites is 1. The van der Waals surface area contributed by atoms with Crippen molar-refractivity contribution >= 4 is 33.2 Å². The van der Waals surface area contributed by atoms with Crippen molar-refractivity contribution in [3.8, 4) is 0 Å². The highest BCUT2D eigenvalue weighted by Gasteiger charge is 2.22. The van der Waals surface area contributed by atoms with Crippen LogP contribution in [0.3, 0.4) is 0 Å². The molecule has 3 aromatic carbocycles. The Labute approximate surface area is 188 Å². The Hall–Kier alpha value is -2.83. The fourth-order valence-electron chi connectivity index (χ4n) is 3.41. The Balaban J connectivity index is 1.86. The topological polar surface area (TPSA) is 75.3 Å². The van der Waals surface area contributed by atoms with E-state index in [-0.39, 0.29) is 27.4 Å². The maximum atomic E-state index is 12.9. The van der Waals surface area contributed by atoms with E-state index in [2.05, 4.69) is 16.1 Å². The molecule has 1 atom stereocenters. The van der Waals surface area contributed by atoms with Crippen molar-refractivity contribution in [2.75, 3.05) is 4.72 Å². The first-order valence-corrected chi connectivity index (χ1v) is 11.7. The minimum atomic E-state index is -3.98. The van der Waals surface area contributed by atoms with Gasteiger partial charge in [-0.05, 0) is 68.7 Å². The van der Waals surface area contributed by atoms with Crippen LogP contribution in [0, 0.1) is 20.8 Å². The van der Waals surface area contributed by atoms with Crippen LogP contribution in [0.15, 0.2) is 65.6 Å². The minimum Gasteiger partial charge on any atom is -0.346 e. The number of carbonyl (C=O) groups excluding carboxylic acids is 1. The van der Waals surface area contributed by atoms with Gasteiger partial charge in [-0.25, -0.2) is 8.42 Å². The zero-order chi connectivity index (χ0) is 22.8. The zero-order valence-electron chi connectivity index (χ0n) is 17.9. The SMILES string of the molecule is Cc1ccc(C(C)NC(=O)c2ccc(Cl)c(S(=O)(=O)Nc3ccccc3C)c2)c(C)c1. The smallest absolute Gasteiger partial charge is 0.263 e. The molecule has 0 radical (unpaired) electrons. The van der Waals surface area contributed by atoms with Gasteiger partial charge < -0.3 is 5.32 Å². The lowest BCUT2D eigenvalue weighted by Crippen LogP contribution is -2.27. The molecule has 3 aromatic rings. The van der Waals surface area contributed by atoms with E-state index in [0.29, 0.717) is 5.69 Å². The van der Waals surface area contributed by atoms with Crippen molar-refractivity contribution in [2.45, 2.75) is 38.6 Å². The number of anilines is 1. The lowest BCUT2D eigenvalue weighted by molar-refractivity contribution is 0.0939. The predicted octanol–water partition coefficient (Wildman–Crippen LogP) is 5.56. The fraction of sp³-hybridized carbons (Fsp3) is 0.208. The summed E-state index contributed by atoms with van der Waals surface area (Å²) < 4.78 is 28.4. The van der Waals surface area contributed by atoms with Crippen molar-refractivity contribution in [3.63, 3.8) is 0 Å². The molecule has 5 nitrogen and oxygen atoms in total. The highest BCUT2D eigenvalue weighted by molar-refractivity contribution is 7.92. The summed E-state index contributed by atoms with van der Waals surface area (Å²) in [6, 6.07) is 17.1. The molecular formula is C24H25ClN2O3S. The van der Waals surface area contributed by atoms with Crippen LogP contribution in [0.1, 0.15) is 45.6 Å². The largest absolute Gasteiger partial charge is 0.346 e. The summed E-state index contributed by atoms with van der Waals surface area (Å²) >= 11 is 6.18. The monoisotopic (exact) mass is 456 g/mol. The number of amides is 1. The second kappa shape index (κ2) is 9.12. The minimum absolute atomic E-state index is 0.0417. The number of carbonyl (C=O) groups is 1. The van der Waals surface area contributed by atoms with Crippen molar-refractivity contribution in [2.24, 2.45) is 0 Å². The van der Waals surface area contributed by atoms with Crippen LogP contribution in [0.2, 0.25) is 5.02 Å². The number of aryl methyl sites for hydroxylation is 3. The first-order chi connectivity index (χ1) is 14.6. The quantitative estimate of drug-likeness (QED) is 0.510. The van der Waals surface area contributed by atoms with Gasteiger partial charge in [0.05, 0.1) is 16.8 Å². The van der Waals surface area contributed by atoms with Gasteiger partial charge in [-0.3, -0.25) is 9.52 Å². The first-order valence-electron chi connectivity index (χ1n) is 9.84. The third-order valence-corrected chi connectivity index (χ3v) is 6.96. The van der Waals surface area contributed by atoms with E-state index in [1.54, 1.807) is 25.1 Å². The maximum absolute atomic E-state index is 12.9. The lowest BCUT2D eigenvalue weighted by Gasteiger charge is -2.18. The third kappa shape index (κ3) is 5.27. The fourth-order valence-corrected chi connectivity index (χ4v) is 5.06. The molecule has 3 rings (SSSR count). The molecule has 0 aromatic heterocycles. The van der Waals surface area contributed by atoms with Gasteiger partial charge in [0.15, 0.2) is 0 Å². The second-order valence-electron chi connectivity index (χ2n) is 7.62. The standard InChI is InChI=1S/C24H25ClN2O3S/c1-15-9-11-20(17(3)13-15)18(4)26-24(28)19-10-12-21(25)23(14-19)31(29,30)27-22-8-6-5-7-16(22)2/h5-14,18,27H,1-4H3,(H,26,28). The molecule has 0 aliphatic rings. The molecule has 0 aliphatic heterocycles. The third-order valence-electron chi connectivity index (χ3n) is 5.11. The molecule has 7 heteroatoms.